The topological polar surface area (TPSA) is 59.5 Å². The molecule has 1 spiro atoms. The first-order valence-corrected chi connectivity index (χ1v) is 9.47. The van der Waals surface area contributed by atoms with Gasteiger partial charge in [0, 0.05) is 38.7 Å². The maximum absolute atomic E-state index is 5.79. The van der Waals surface area contributed by atoms with Crippen LogP contribution in [0.3, 0.4) is 0 Å². The van der Waals surface area contributed by atoms with Gasteiger partial charge in [-0.15, -0.1) is 0 Å². The zero-order valence-corrected chi connectivity index (χ0v) is 15.1. The predicted molar refractivity (Wildman–Crippen MR) is 101 cm³/mol. The first-order valence-electron chi connectivity index (χ1n) is 9.47. The Labute approximate surface area is 154 Å². The number of ether oxygens (including phenoxy) is 2. The highest BCUT2D eigenvalue weighted by atomic mass is 16.7. The fraction of sp³-hybridized carbons (Fsp3) is 0.500. The van der Waals surface area contributed by atoms with Gasteiger partial charge in [0.2, 0.25) is 5.95 Å². The van der Waals surface area contributed by atoms with Crippen molar-refractivity contribution in [2.45, 2.75) is 31.5 Å². The fourth-order valence-electron chi connectivity index (χ4n) is 3.59. The van der Waals surface area contributed by atoms with Crippen LogP contribution in [0.1, 0.15) is 24.8 Å². The van der Waals surface area contributed by atoms with Crippen LogP contribution in [-0.2, 0) is 15.9 Å². The molecule has 1 aromatic carbocycles. The molecule has 6 nitrogen and oxygen atoms in total. The third-order valence-electron chi connectivity index (χ3n) is 5.06. The second kappa shape index (κ2) is 8.01. The molecule has 138 valence electrons. The quantitative estimate of drug-likeness (QED) is 0.805. The van der Waals surface area contributed by atoms with Crippen molar-refractivity contribution in [3.8, 4) is 0 Å². The van der Waals surface area contributed by atoms with Gasteiger partial charge in [-0.1, -0.05) is 30.3 Å². The van der Waals surface area contributed by atoms with Crippen LogP contribution >= 0.6 is 0 Å². The largest absolute Gasteiger partial charge is 0.370 e. The van der Waals surface area contributed by atoms with Gasteiger partial charge in [-0.25, -0.2) is 4.98 Å². The van der Waals surface area contributed by atoms with E-state index >= 15 is 0 Å². The van der Waals surface area contributed by atoms with Gasteiger partial charge in [-0.3, -0.25) is 0 Å². The number of hydrogen-bond acceptors (Lipinski definition) is 6. The molecule has 2 aromatic rings. The molecule has 0 saturated carbocycles. The molecule has 0 aliphatic carbocycles. The molecule has 2 saturated heterocycles. The van der Waals surface area contributed by atoms with Gasteiger partial charge in [0.15, 0.2) is 5.79 Å². The summed E-state index contributed by atoms with van der Waals surface area (Å²) in [4.78, 5) is 11.3. The Morgan fingerprint density at radius 2 is 1.81 bits per heavy atom. The minimum absolute atomic E-state index is 0.357. The molecule has 0 radical (unpaired) electrons. The van der Waals surface area contributed by atoms with Crippen LogP contribution in [-0.4, -0.2) is 48.6 Å². The van der Waals surface area contributed by atoms with E-state index in [4.69, 9.17) is 9.47 Å². The maximum atomic E-state index is 5.79. The lowest BCUT2D eigenvalue weighted by Crippen LogP contribution is -2.45. The van der Waals surface area contributed by atoms with E-state index in [-0.39, 0.29) is 5.79 Å². The van der Waals surface area contributed by atoms with Crippen LogP contribution < -0.4 is 10.2 Å². The summed E-state index contributed by atoms with van der Waals surface area (Å²) in [7, 11) is 0. The van der Waals surface area contributed by atoms with Gasteiger partial charge < -0.3 is 19.7 Å². The van der Waals surface area contributed by atoms with Crippen LogP contribution in [0, 0.1) is 0 Å². The Morgan fingerprint density at radius 1 is 1.04 bits per heavy atom. The Hall–Kier alpha value is -2.18. The highest BCUT2D eigenvalue weighted by Gasteiger charge is 2.40. The molecule has 0 unspecified atom stereocenters. The van der Waals surface area contributed by atoms with Crippen molar-refractivity contribution in [1.29, 1.82) is 0 Å². The number of nitrogens with zero attached hydrogens (tertiary/aromatic N) is 3. The van der Waals surface area contributed by atoms with Gasteiger partial charge in [0.1, 0.15) is 5.82 Å². The third kappa shape index (κ3) is 4.14. The smallest absolute Gasteiger partial charge is 0.227 e. The minimum Gasteiger partial charge on any atom is -0.370 e. The zero-order valence-electron chi connectivity index (χ0n) is 15.1. The summed E-state index contributed by atoms with van der Waals surface area (Å²) in [5.74, 6) is 1.31. The van der Waals surface area contributed by atoms with Gasteiger partial charge in [-0.2, -0.15) is 4.98 Å². The summed E-state index contributed by atoms with van der Waals surface area (Å²) in [5, 5.41) is 3.42. The number of aromatic nitrogens is 2. The van der Waals surface area contributed by atoms with E-state index in [0.29, 0.717) is 13.2 Å². The van der Waals surface area contributed by atoms with E-state index in [1.807, 2.05) is 12.3 Å². The van der Waals surface area contributed by atoms with E-state index in [2.05, 4.69) is 50.5 Å². The van der Waals surface area contributed by atoms with Crippen molar-refractivity contribution in [3.05, 3.63) is 48.2 Å². The number of hydrogen-bond donors (Lipinski definition) is 1. The summed E-state index contributed by atoms with van der Waals surface area (Å²) >= 11 is 0. The molecule has 1 aromatic heterocycles. The van der Waals surface area contributed by atoms with Crippen LogP contribution in [0.4, 0.5) is 11.8 Å². The van der Waals surface area contributed by atoms with E-state index in [0.717, 1.165) is 57.1 Å². The lowest BCUT2D eigenvalue weighted by Gasteiger charge is -2.37. The lowest BCUT2D eigenvalue weighted by atomic mass is 10.0. The summed E-state index contributed by atoms with van der Waals surface area (Å²) in [6.45, 7) is 4.03. The number of rotatable bonds is 6. The molecule has 4 rings (SSSR count). The van der Waals surface area contributed by atoms with E-state index in [1.165, 1.54) is 5.56 Å². The number of nitrogens with one attached hydrogen (secondary N) is 1. The summed E-state index contributed by atoms with van der Waals surface area (Å²) in [6, 6.07) is 12.5. The average molecular weight is 354 g/mol. The van der Waals surface area contributed by atoms with Crippen molar-refractivity contribution in [1.82, 2.24) is 9.97 Å². The minimum atomic E-state index is -0.357. The summed E-state index contributed by atoms with van der Waals surface area (Å²) in [5.41, 5.74) is 1.37. The van der Waals surface area contributed by atoms with Crippen LogP contribution in [0.5, 0.6) is 0 Å². The molecular weight excluding hydrogens is 328 g/mol. The number of aryl methyl sites for hydroxylation is 1. The number of anilines is 2. The monoisotopic (exact) mass is 354 g/mol. The Morgan fingerprint density at radius 3 is 2.58 bits per heavy atom. The molecule has 1 N–H and O–H groups in total. The second-order valence-corrected chi connectivity index (χ2v) is 6.85. The zero-order chi connectivity index (χ0) is 17.7. The molecular formula is C20H26N4O2. The molecule has 2 fully saturated rings. The van der Waals surface area contributed by atoms with Crippen molar-refractivity contribution in [2.75, 3.05) is 43.1 Å². The van der Waals surface area contributed by atoms with Crippen LogP contribution in [0.25, 0.3) is 0 Å². The van der Waals surface area contributed by atoms with Crippen LogP contribution in [0.2, 0.25) is 0 Å². The van der Waals surface area contributed by atoms with E-state index in [1.54, 1.807) is 0 Å². The van der Waals surface area contributed by atoms with Gasteiger partial charge >= 0.3 is 0 Å². The Kier molecular flexibility index (Phi) is 5.32. The average Bonchev–Trinajstić information content (AvgIpc) is 3.15. The molecule has 0 atom stereocenters. The van der Waals surface area contributed by atoms with E-state index < -0.39 is 0 Å². The fourth-order valence-corrected chi connectivity index (χ4v) is 3.59. The molecule has 2 aliphatic rings. The SMILES string of the molecule is c1ccc(CCCNc2ccnc(N3CCC4(CC3)OCCO4)n2)cc1. The van der Waals surface area contributed by atoms with Crippen molar-refractivity contribution in [3.63, 3.8) is 0 Å². The predicted octanol–water partition coefficient (Wildman–Crippen LogP) is 2.86. The van der Waals surface area contributed by atoms with Gasteiger partial charge in [0.25, 0.3) is 0 Å². The second-order valence-electron chi connectivity index (χ2n) is 6.85. The highest BCUT2D eigenvalue weighted by Crippen LogP contribution is 2.32. The van der Waals surface area contributed by atoms with Gasteiger partial charge in [0.05, 0.1) is 13.2 Å². The standard InChI is InChI=1S/C20H26N4O2/c1-2-5-17(6-3-1)7-4-11-21-18-8-12-22-19(23-18)24-13-9-20(10-14-24)25-15-16-26-20/h1-3,5-6,8,12H,4,7,9-11,13-16H2,(H,21,22,23). The molecule has 2 aliphatic heterocycles. The van der Waals surface area contributed by atoms with Crippen molar-refractivity contribution >= 4 is 11.8 Å². The van der Waals surface area contributed by atoms with E-state index in [9.17, 15) is 0 Å². The number of benzene rings is 1. The highest BCUT2D eigenvalue weighted by molar-refractivity contribution is 5.41. The normalized spacial score (nSPS) is 19.0. The first-order chi connectivity index (χ1) is 12.8. The molecule has 6 heteroatoms. The maximum Gasteiger partial charge on any atom is 0.227 e. The van der Waals surface area contributed by atoms with Crippen molar-refractivity contribution < 1.29 is 9.47 Å². The molecule has 0 amide bonds. The Balaban J connectivity index is 1.27. The lowest BCUT2D eigenvalue weighted by molar-refractivity contribution is -0.169. The van der Waals surface area contributed by atoms with Gasteiger partial charge in [-0.05, 0) is 24.5 Å². The van der Waals surface area contributed by atoms with Crippen molar-refractivity contribution in [2.24, 2.45) is 0 Å². The Bertz CT molecular complexity index is 694. The third-order valence-corrected chi connectivity index (χ3v) is 5.06. The molecule has 0 bridgehead atoms. The van der Waals surface area contributed by atoms with Crippen LogP contribution in [0.15, 0.2) is 42.6 Å². The molecule has 26 heavy (non-hydrogen) atoms. The first kappa shape index (κ1) is 17.2. The number of piperidine rings is 1. The summed E-state index contributed by atoms with van der Waals surface area (Å²) in [6.07, 6.45) is 5.70. The summed E-state index contributed by atoms with van der Waals surface area (Å²) < 4.78 is 11.6. The molecule has 3 heterocycles.